The number of piperazine rings is 1. The number of likely N-dealkylation sites (N-methyl/N-ethyl adjacent to an activating group) is 1. The van der Waals surface area contributed by atoms with Gasteiger partial charge in [0.25, 0.3) is 0 Å². The molecular weight excluding hydrogens is 354 g/mol. The van der Waals surface area contributed by atoms with Crippen LogP contribution in [0.4, 0.5) is 0 Å². The molecule has 1 spiro atoms. The first-order valence-corrected chi connectivity index (χ1v) is 10.0. The molecule has 7 nitrogen and oxygen atoms in total. The van der Waals surface area contributed by atoms with Crippen molar-refractivity contribution in [3.05, 3.63) is 35.7 Å². The normalized spacial score (nSPS) is 24.7. The van der Waals surface area contributed by atoms with Gasteiger partial charge in [-0.15, -0.1) is 0 Å². The molecule has 0 radical (unpaired) electrons. The number of likely N-dealkylation sites (tertiary alicyclic amines) is 1. The largest absolute Gasteiger partial charge is 0.346 e. The van der Waals surface area contributed by atoms with Gasteiger partial charge in [-0.05, 0) is 32.4 Å². The highest BCUT2D eigenvalue weighted by Gasteiger charge is 2.42. The van der Waals surface area contributed by atoms with E-state index in [1.54, 1.807) is 0 Å². The molecular formula is C21H29N5O2. The number of hydrogen-bond acceptors (Lipinski definition) is 6. The fourth-order valence-corrected chi connectivity index (χ4v) is 4.42. The van der Waals surface area contributed by atoms with Gasteiger partial charge in [0.2, 0.25) is 17.6 Å². The second kappa shape index (κ2) is 7.64. The van der Waals surface area contributed by atoms with Gasteiger partial charge < -0.3 is 9.42 Å². The lowest BCUT2D eigenvalue weighted by Gasteiger charge is -2.49. The Balaban J connectivity index is 1.47. The molecule has 1 aromatic heterocycles. The quantitative estimate of drug-likeness (QED) is 0.809. The smallest absolute Gasteiger partial charge is 0.241 e. The van der Waals surface area contributed by atoms with Gasteiger partial charge in [-0.25, -0.2) is 0 Å². The second-order valence-electron chi connectivity index (χ2n) is 8.25. The van der Waals surface area contributed by atoms with Crippen LogP contribution in [0.5, 0.6) is 0 Å². The molecule has 4 rings (SSSR count). The molecule has 2 aliphatic heterocycles. The van der Waals surface area contributed by atoms with E-state index in [1.807, 2.05) is 30.1 Å². The molecule has 28 heavy (non-hydrogen) atoms. The number of amides is 1. The Morgan fingerprint density at radius 1 is 1.14 bits per heavy atom. The van der Waals surface area contributed by atoms with Gasteiger partial charge in [-0.1, -0.05) is 29.4 Å². The molecule has 2 fully saturated rings. The molecule has 0 saturated carbocycles. The number of rotatable bonds is 3. The van der Waals surface area contributed by atoms with Crippen LogP contribution in [0.15, 0.2) is 28.8 Å². The number of hydrogen-bond donors (Lipinski definition) is 0. The summed E-state index contributed by atoms with van der Waals surface area (Å²) in [6, 6.07) is 8.08. The van der Waals surface area contributed by atoms with Crippen molar-refractivity contribution in [3.8, 4) is 11.4 Å². The van der Waals surface area contributed by atoms with Crippen LogP contribution in [0.1, 0.15) is 30.7 Å². The average molecular weight is 383 g/mol. The first-order chi connectivity index (χ1) is 13.5. The number of nitrogens with zero attached hydrogens (tertiary/aromatic N) is 5. The monoisotopic (exact) mass is 383 g/mol. The van der Waals surface area contributed by atoms with Crippen LogP contribution in [0.2, 0.25) is 0 Å². The number of aromatic nitrogens is 2. The van der Waals surface area contributed by atoms with Crippen molar-refractivity contribution >= 4 is 5.91 Å². The highest BCUT2D eigenvalue weighted by molar-refractivity contribution is 5.76. The highest BCUT2D eigenvalue weighted by atomic mass is 16.5. The van der Waals surface area contributed by atoms with E-state index in [-0.39, 0.29) is 11.4 Å². The first kappa shape index (κ1) is 19.1. The molecule has 3 heterocycles. The van der Waals surface area contributed by atoms with E-state index in [1.165, 1.54) is 0 Å². The van der Waals surface area contributed by atoms with E-state index in [9.17, 15) is 4.79 Å². The SMILES string of the molecule is Cc1ccccc1-c1noc(CN2CCN(C)C3(CCC(=O)N(C)CC3)C2)n1. The Morgan fingerprint density at radius 2 is 1.96 bits per heavy atom. The van der Waals surface area contributed by atoms with Gasteiger partial charge in [0, 0.05) is 50.7 Å². The summed E-state index contributed by atoms with van der Waals surface area (Å²) in [4.78, 5) is 23.5. The maximum Gasteiger partial charge on any atom is 0.241 e. The lowest BCUT2D eigenvalue weighted by Crippen LogP contribution is -2.60. The Morgan fingerprint density at radius 3 is 2.79 bits per heavy atom. The standard InChI is InChI=1S/C21H29N5O2/c1-16-6-4-5-7-17(16)20-22-18(28-23-20)14-26-13-12-25(3)21(15-26)9-8-19(27)24(2)11-10-21/h4-7H,8-15H2,1-3H3. The third-order valence-electron chi connectivity index (χ3n) is 6.43. The maximum atomic E-state index is 12.1. The number of carbonyl (C=O) groups excluding carboxylic acids is 1. The minimum Gasteiger partial charge on any atom is -0.346 e. The van der Waals surface area contributed by atoms with E-state index >= 15 is 0 Å². The average Bonchev–Trinajstić information content (AvgIpc) is 3.09. The van der Waals surface area contributed by atoms with Crippen molar-refractivity contribution in [1.29, 1.82) is 0 Å². The number of aryl methyl sites for hydroxylation is 1. The Kier molecular flexibility index (Phi) is 5.21. The molecule has 1 aromatic carbocycles. The summed E-state index contributed by atoms with van der Waals surface area (Å²) in [5, 5.41) is 4.19. The molecule has 0 N–H and O–H groups in total. The van der Waals surface area contributed by atoms with E-state index in [4.69, 9.17) is 4.52 Å². The fourth-order valence-electron chi connectivity index (χ4n) is 4.42. The molecule has 2 aliphatic rings. The lowest BCUT2D eigenvalue weighted by molar-refractivity contribution is -0.129. The molecule has 1 unspecified atom stereocenters. The van der Waals surface area contributed by atoms with E-state index in [0.29, 0.717) is 24.7 Å². The fraction of sp³-hybridized carbons (Fsp3) is 0.571. The van der Waals surface area contributed by atoms with Crippen LogP contribution >= 0.6 is 0 Å². The third-order valence-corrected chi connectivity index (χ3v) is 6.43. The summed E-state index contributed by atoms with van der Waals surface area (Å²) in [6.45, 7) is 6.39. The Labute approximate surface area is 166 Å². The number of benzene rings is 1. The van der Waals surface area contributed by atoms with Gasteiger partial charge in [-0.3, -0.25) is 14.6 Å². The zero-order valence-corrected chi connectivity index (χ0v) is 17.0. The van der Waals surface area contributed by atoms with Crippen molar-refractivity contribution in [3.63, 3.8) is 0 Å². The van der Waals surface area contributed by atoms with Gasteiger partial charge in [0.15, 0.2) is 0 Å². The molecule has 0 bridgehead atoms. The lowest BCUT2D eigenvalue weighted by atomic mass is 9.86. The molecule has 0 aliphatic carbocycles. The summed E-state index contributed by atoms with van der Waals surface area (Å²) in [5.41, 5.74) is 2.19. The minimum atomic E-state index is 0.0392. The zero-order valence-electron chi connectivity index (χ0n) is 17.0. The van der Waals surface area contributed by atoms with Crippen molar-refractivity contribution in [1.82, 2.24) is 24.8 Å². The van der Waals surface area contributed by atoms with Crippen LogP contribution in [-0.4, -0.2) is 76.6 Å². The Bertz CT molecular complexity index is 851. The summed E-state index contributed by atoms with van der Waals surface area (Å²) in [7, 11) is 4.10. The number of carbonyl (C=O) groups is 1. The van der Waals surface area contributed by atoms with Crippen molar-refractivity contribution in [2.24, 2.45) is 0 Å². The summed E-state index contributed by atoms with van der Waals surface area (Å²) in [5.74, 6) is 1.56. The van der Waals surface area contributed by atoms with E-state index < -0.39 is 0 Å². The molecule has 1 atom stereocenters. The summed E-state index contributed by atoms with van der Waals surface area (Å²) in [6.07, 6.45) is 2.52. The predicted octanol–water partition coefficient (Wildman–Crippen LogP) is 2.17. The Hall–Kier alpha value is -2.25. The topological polar surface area (TPSA) is 65.7 Å². The first-order valence-electron chi connectivity index (χ1n) is 10.0. The third kappa shape index (κ3) is 3.69. The van der Waals surface area contributed by atoms with Gasteiger partial charge in [0.1, 0.15) is 0 Å². The van der Waals surface area contributed by atoms with Crippen LogP contribution < -0.4 is 0 Å². The molecule has 150 valence electrons. The second-order valence-corrected chi connectivity index (χ2v) is 8.25. The maximum absolute atomic E-state index is 12.1. The van der Waals surface area contributed by atoms with Gasteiger partial charge in [0.05, 0.1) is 6.54 Å². The van der Waals surface area contributed by atoms with E-state index in [0.717, 1.165) is 50.1 Å². The molecule has 1 amide bonds. The van der Waals surface area contributed by atoms with Crippen molar-refractivity contribution in [2.75, 3.05) is 40.3 Å². The summed E-state index contributed by atoms with van der Waals surface area (Å²) < 4.78 is 5.56. The van der Waals surface area contributed by atoms with E-state index in [2.05, 4.69) is 40.0 Å². The van der Waals surface area contributed by atoms with Crippen LogP contribution in [-0.2, 0) is 11.3 Å². The zero-order chi connectivity index (χ0) is 19.7. The van der Waals surface area contributed by atoms with Crippen LogP contribution in [0, 0.1) is 6.92 Å². The summed E-state index contributed by atoms with van der Waals surface area (Å²) >= 11 is 0. The van der Waals surface area contributed by atoms with Gasteiger partial charge >= 0.3 is 0 Å². The molecule has 2 saturated heterocycles. The molecule has 2 aromatic rings. The van der Waals surface area contributed by atoms with Crippen molar-refractivity contribution in [2.45, 2.75) is 38.3 Å². The predicted molar refractivity (Wildman–Crippen MR) is 107 cm³/mol. The van der Waals surface area contributed by atoms with Gasteiger partial charge in [-0.2, -0.15) is 4.98 Å². The van der Waals surface area contributed by atoms with Crippen LogP contribution in [0.3, 0.4) is 0 Å². The van der Waals surface area contributed by atoms with Crippen molar-refractivity contribution < 1.29 is 9.32 Å². The minimum absolute atomic E-state index is 0.0392. The highest BCUT2D eigenvalue weighted by Crippen LogP contribution is 2.32. The van der Waals surface area contributed by atoms with Crippen LogP contribution in [0.25, 0.3) is 11.4 Å². The molecule has 7 heteroatoms.